The number of aromatic carboxylic acids is 1. The van der Waals surface area contributed by atoms with Crippen LogP contribution in [0.25, 0.3) is 28.1 Å². The summed E-state index contributed by atoms with van der Waals surface area (Å²) in [5.74, 6) is -0.656. The Labute approximate surface area is 147 Å². The molecule has 2 aromatic carbocycles. The highest BCUT2D eigenvalue weighted by molar-refractivity contribution is 6.33. The lowest BCUT2D eigenvalue weighted by atomic mass is 10.1. The molecule has 4 rings (SSSR count). The fourth-order valence-electron chi connectivity index (χ4n) is 2.65. The van der Waals surface area contributed by atoms with E-state index in [0.29, 0.717) is 22.2 Å². The average Bonchev–Trinajstić information content (AvgIpc) is 3.01. The van der Waals surface area contributed by atoms with Crippen molar-refractivity contribution >= 4 is 28.5 Å². The van der Waals surface area contributed by atoms with Gasteiger partial charge in [-0.2, -0.15) is 9.78 Å². The first-order chi connectivity index (χ1) is 12.1. The maximum atomic E-state index is 11.3. The standard InChI is InChI=1S/C18H11ClN4O2/c19-14-5-2-1-4-12(14)16-13-7-6-11(17(24)25)10-15(13)23(22-16)18-20-8-3-9-21-18/h1-10H,(H,24,25). The number of aromatic nitrogens is 4. The van der Waals surface area contributed by atoms with Crippen LogP contribution in [0.15, 0.2) is 60.9 Å². The lowest BCUT2D eigenvalue weighted by Crippen LogP contribution is -2.03. The average molecular weight is 351 g/mol. The van der Waals surface area contributed by atoms with Crippen LogP contribution in [-0.2, 0) is 0 Å². The number of fused-ring (bicyclic) bond motifs is 1. The number of halogens is 1. The van der Waals surface area contributed by atoms with Gasteiger partial charge in [0.05, 0.1) is 16.1 Å². The third-order valence-corrected chi connectivity index (χ3v) is 4.13. The third-order valence-electron chi connectivity index (χ3n) is 3.80. The molecule has 0 aliphatic rings. The van der Waals surface area contributed by atoms with Crippen LogP contribution in [0.2, 0.25) is 5.02 Å². The van der Waals surface area contributed by atoms with Crippen molar-refractivity contribution in [1.82, 2.24) is 19.7 Å². The van der Waals surface area contributed by atoms with E-state index in [2.05, 4.69) is 15.1 Å². The predicted octanol–water partition coefficient (Wildman–Crippen LogP) is 3.83. The van der Waals surface area contributed by atoms with Gasteiger partial charge in [-0.25, -0.2) is 14.8 Å². The number of rotatable bonds is 3. The molecule has 25 heavy (non-hydrogen) atoms. The van der Waals surface area contributed by atoms with E-state index in [-0.39, 0.29) is 5.56 Å². The molecule has 2 heterocycles. The summed E-state index contributed by atoms with van der Waals surface area (Å²) in [7, 11) is 0. The number of nitrogens with zero attached hydrogens (tertiary/aromatic N) is 4. The Bertz CT molecular complexity index is 1090. The molecule has 0 aliphatic carbocycles. The van der Waals surface area contributed by atoms with Gasteiger partial charge in [0.25, 0.3) is 5.95 Å². The van der Waals surface area contributed by atoms with Crippen molar-refractivity contribution in [2.75, 3.05) is 0 Å². The molecule has 4 aromatic rings. The molecule has 0 fully saturated rings. The zero-order valence-electron chi connectivity index (χ0n) is 12.8. The summed E-state index contributed by atoms with van der Waals surface area (Å²) in [4.78, 5) is 19.8. The number of carboxylic acid groups (broad SMARTS) is 1. The minimum absolute atomic E-state index is 0.162. The minimum Gasteiger partial charge on any atom is -0.478 e. The van der Waals surface area contributed by atoms with Crippen molar-refractivity contribution < 1.29 is 9.90 Å². The van der Waals surface area contributed by atoms with E-state index in [1.54, 1.807) is 42.7 Å². The molecule has 0 amide bonds. The van der Waals surface area contributed by atoms with Crippen LogP contribution < -0.4 is 0 Å². The van der Waals surface area contributed by atoms with E-state index in [9.17, 15) is 9.90 Å². The van der Waals surface area contributed by atoms with Gasteiger partial charge in [0.2, 0.25) is 0 Å². The molecular formula is C18H11ClN4O2. The zero-order valence-corrected chi connectivity index (χ0v) is 13.6. The van der Waals surface area contributed by atoms with E-state index in [1.165, 1.54) is 4.68 Å². The van der Waals surface area contributed by atoms with Crippen LogP contribution in [0, 0.1) is 0 Å². The van der Waals surface area contributed by atoms with Crippen LogP contribution in [0.1, 0.15) is 10.4 Å². The summed E-state index contributed by atoms with van der Waals surface area (Å²) in [5.41, 5.74) is 2.16. The van der Waals surface area contributed by atoms with Gasteiger partial charge in [-0.05, 0) is 30.3 Å². The second-order valence-corrected chi connectivity index (χ2v) is 5.73. The molecule has 0 bridgehead atoms. The number of carboxylic acids is 1. The molecule has 0 aliphatic heterocycles. The van der Waals surface area contributed by atoms with Gasteiger partial charge < -0.3 is 5.11 Å². The summed E-state index contributed by atoms with van der Waals surface area (Å²) in [6.45, 7) is 0. The van der Waals surface area contributed by atoms with Gasteiger partial charge in [0.1, 0.15) is 5.69 Å². The van der Waals surface area contributed by atoms with Gasteiger partial charge in [-0.15, -0.1) is 0 Å². The summed E-state index contributed by atoms with van der Waals surface area (Å²) in [6.07, 6.45) is 3.21. The second-order valence-electron chi connectivity index (χ2n) is 5.33. The number of carbonyl (C=O) groups is 1. The van der Waals surface area contributed by atoms with Crippen LogP contribution in [-0.4, -0.2) is 30.8 Å². The monoisotopic (exact) mass is 350 g/mol. The minimum atomic E-state index is -1.01. The van der Waals surface area contributed by atoms with Gasteiger partial charge >= 0.3 is 5.97 Å². The van der Waals surface area contributed by atoms with Crippen molar-refractivity contribution in [2.45, 2.75) is 0 Å². The fourth-order valence-corrected chi connectivity index (χ4v) is 2.88. The van der Waals surface area contributed by atoms with Gasteiger partial charge in [0, 0.05) is 23.3 Å². The summed E-state index contributed by atoms with van der Waals surface area (Å²) in [5, 5.41) is 15.2. The molecule has 0 atom stereocenters. The van der Waals surface area contributed by atoms with Crippen molar-refractivity contribution in [3.63, 3.8) is 0 Å². The van der Waals surface area contributed by atoms with Crippen molar-refractivity contribution in [1.29, 1.82) is 0 Å². The molecule has 0 radical (unpaired) electrons. The van der Waals surface area contributed by atoms with E-state index in [4.69, 9.17) is 11.6 Å². The molecule has 2 aromatic heterocycles. The van der Waals surface area contributed by atoms with E-state index in [0.717, 1.165) is 10.9 Å². The van der Waals surface area contributed by atoms with Crippen LogP contribution in [0.3, 0.4) is 0 Å². The smallest absolute Gasteiger partial charge is 0.335 e. The highest BCUT2D eigenvalue weighted by atomic mass is 35.5. The Hall–Kier alpha value is -3.25. The molecule has 7 heteroatoms. The molecule has 1 N–H and O–H groups in total. The number of benzene rings is 2. The lowest BCUT2D eigenvalue weighted by molar-refractivity contribution is 0.0697. The van der Waals surface area contributed by atoms with Crippen LogP contribution in [0.4, 0.5) is 0 Å². The lowest BCUT2D eigenvalue weighted by Gasteiger charge is -2.01. The SMILES string of the molecule is O=C(O)c1ccc2c(-c3ccccc3Cl)nn(-c3ncccn3)c2c1. The Morgan fingerprint density at radius 2 is 1.80 bits per heavy atom. The van der Waals surface area contributed by atoms with Gasteiger partial charge in [-0.3, -0.25) is 0 Å². The summed E-state index contributed by atoms with van der Waals surface area (Å²) < 4.78 is 1.53. The first-order valence-electron chi connectivity index (χ1n) is 7.43. The highest BCUT2D eigenvalue weighted by Gasteiger charge is 2.18. The van der Waals surface area contributed by atoms with E-state index in [1.807, 2.05) is 18.2 Å². The zero-order chi connectivity index (χ0) is 17.4. The third kappa shape index (κ3) is 2.62. The quantitative estimate of drug-likeness (QED) is 0.607. The van der Waals surface area contributed by atoms with Crippen molar-refractivity contribution in [2.24, 2.45) is 0 Å². The van der Waals surface area contributed by atoms with Crippen molar-refractivity contribution in [3.8, 4) is 17.2 Å². The molecular weight excluding hydrogens is 340 g/mol. The Morgan fingerprint density at radius 1 is 1.04 bits per heavy atom. The second kappa shape index (κ2) is 5.99. The predicted molar refractivity (Wildman–Crippen MR) is 94.1 cm³/mol. The first kappa shape index (κ1) is 15.3. The molecule has 0 unspecified atom stereocenters. The van der Waals surface area contributed by atoms with Crippen LogP contribution in [0.5, 0.6) is 0 Å². The topological polar surface area (TPSA) is 80.9 Å². The molecule has 122 valence electrons. The van der Waals surface area contributed by atoms with E-state index < -0.39 is 5.97 Å². The molecule has 0 saturated heterocycles. The molecule has 0 saturated carbocycles. The normalized spacial score (nSPS) is 10.9. The Kier molecular flexibility index (Phi) is 3.66. The first-order valence-corrected chi connectivity index (χ1v) is 7.81. The Morgan fingerprint density at radius 3 is 2.52 bits per heavy atom. The molecule has 6 nitrogen and oxygen atoms in total. The fraction of sp³-hybridized carbons (Fsp3) is 0. The molecule has 0 spiro atoms. The summed E-state index contributed by atoms with van der Waals surface area (Å²) >= 11 is 6.32. The number of hydrogen-bond donors (Lipinski definition) is 1. The Balaban J connectivity index is 2.06. The van der Waals surface area contributed by atoms with E-state index >= 15 is 0 Å². The van der Waals surface area contributed by atoms with Gasteiger partial charge in [0.15, 0.2) is 0 Å². The van der Waals surface area contributed by atoms with Crippen LogP contribution >= 0.6 is 11.6 Å². The van der Waals surface area contributed by atoms with Gasteiger partial charge in [-0.1, -0.05) is 29.8 Å². The maximum absolute atomic E-state index is 11.3. The largest absolute Gasteiger partial charge is 0.478 e. The highest BCUT2D eigenvalue weighted by Crippen LogP contribution is 2.33. The van der Waals surface area contributed by atoms with Crippen molar-refractivity contribution in [3.05, 3.63) is 71.5 Å². The maximum Gasteiger partial charge on any atom is 0.335 e. The number of hydrogen-bond acceptors (Lipinski definition) is 4. The summed E-state index contributed by atoms with van der Waals surface area (Å²) in [6, 6.07) is 13.9.